The molecule has 1 aliphatic carbocycles. The molecule has 0 spiro atoms. The highest BCUT2D eigenvalue weighted by Crippen LogP contribution is 2.30. The van der Waals surface area contributed by atoms with Crippen molar-refractivity contribution in [2.75, 3.05) is 30.8 Å². The van der Waals surface area contributed by atoms with Crippen LogP contribution in [0.1, 0.15) is 25.7 Å². The first kappa shape index (κ1) is 35.4. The molecule has 0 amide bonds. The van der Waals surface area contributed by atoms with Crippen molar-refractivity contribution in [1.29, 1.82) is 0 Å². The number of ether oxygens (including phenoxy) is 1. The van der Waals surface area contributed by atoms with Crippen molar-refractivity contribution in [2.24, 2.45) is 11.8 Å². The van der Waals surface area contributed by atoms with Crippen LogP contribution in [0.5, 0.6) is 5.75 Å². The predicted octanol–water partition coefficient (Wildman–Crippen LogP) is 7.37. The topological polar surface area (TPSA) is 143 Å². The van der Waals surface area contributed by atoms with Gasteiger partial charge in [0.2, 0.25) is 16.0 Å². The third kappa shape index (κ3) is 9.57. The second-order valence-electron chi connectivity index (χ2n) is 11.7. The van der Waals surface area contributed by atoms with Gasteiger partial charge in [-0.1, -0.05) is 48.5 Å². The van der Waals surface area contributed by atoms with Gasteiger partial charge in [-0.25, -0.2) is 22.9 Å². The summed E-state index contributed by atoms with van der Waals surface area (Å²) in [7, 11) is -1.90. The molecule has 0 bridgehead atoms. The molecule has 6 rings (SSSR count). The van der Waals surface area contributed by atoms with Crippen LogP contribution in [-0.4, -0.2) is 55.8 Å². The molecule has 1 fully saturated rings. The van der Waals surface area contributed by atoms with E-state index in [1.807, 2.05) is 78.9 Å². The van der Waals surface area contributed by atoms with E-state index >= 15 is 0 Å². The molecule has 1 heterocycles. The van der Waals surface area contributed by atoms with Crippen LogP contribution >= 0.6 is 0 Å². The number of benzene rings is 4. The highest BCUT2D eigenvalue weighted by molar-refractivity contribution is 7.89. The number of hydrogen-bond donors (Lipinski definition) is 4. The van der Waals surface area contributed by atoms with Crippen molar-refractivity contribution in [2.45, 2.75) is 36.8 Å². The Kier molecular flexibility index (Phi) is 11.2. The number of methoxy groups -OCH3 is 1. The zero-order chi connectivity index (χ0) is 35.0. The van der Waals surface area contributed by atoms with Gasteiger partial charge in [0.25, 0.3) is 0 Å². The molecular formula is C35H36F3N5O5S. The SMILES string of the molecule is COc1cccc(Nc2nc(NCC3CCC(CNS(=O)(=O)c4ccc5ccccc5c4)CC3)nc3ccccc23)c1.O=C(O)C(F)(F)F. The van der Waals surface area contributed by atoms with Crippen LogP contribution in [-0.2, 0) is 14.8 Å². The van der Waals surface area contributed by atoms with E-state index in [0.29, 0.717) is 29.2 Å². The van der Waals surface area contributed by atoms with E-state index in [1.54, 1.807) is 19.2 Å². The number of carboxylic acid groups (broad SMARTS) is 1. The minimum absolute atomic E-state index is 0.315. The number of fused-ring (bicyclic) bond motifs is 2. The summed E-state index contributed by atoms with van der Waals surface area (Å²) in [5, 5.41) is 16.9. The number of anilines is 3. The smallest absolute Gasteiger partial charge is 0.490 e. The Morgan fingerprint density at radius 1 is 0.857 bits per heavy atom. The Hall–Kier alpha value is -4.95. The Bertz CT molecular complexity index is 2020. The number of carboxylic acids is 1. The van der Waals surface area contributed by atoms with Gasteiger partial charge in [-0.15, -0.1) is 0 Å². The number of para-hydroxylation sites is 1. The van der Waals surface area contributed by atoms with Crippen molar-refractivity contribution in [3.8, 4) is 5.75 Å². The van der Waals surface area contributed by atoms with Crippen LogP contribution in [0.25, 0.3) is 21.7 Å². The first-order valence-corrected chi connectivity index (χ1v) is 17.1. The van der Waals surface area contributed by atoms with E-state index in [9.17, 15) is 21.6 Å². The van der Waals surface area contributed by atoms with Crippen molar-refractivity contribution in [3.05, 3.63) is 91.0 Å². The van der Waals surface area contributed by atoms with Gasteiger partial charge in [0.05, 0.1) is 17.5 Å². The summed E-state index contributed by atoms with van der Waals surface area (Å²) in [6, 6.07) is 28.8. The second-order valence-corrected chi connectivity index (χ2v) is 13.5. The molecule has 1 aliphatic rings. The van der Waals surface area contributed by atoms with Gasteiger partial charge in [0.1, 0.15) is 11.6 Å². The molecule has 49 heavy (non-hydrogen) atoms. The lowest BCUT2D eigenvalue weighted by Crippen LogP contribution is -2.32. The van der Waals surface area contributed by atoms with E-state index in [0.717, 1.165) is 71.2 Å². The number of alkyl halides is 3. The molecule has 258 valence electrons. The average molecular weight is 696 g/mol. The van der Waals surface area contributed by atoms with Crippen LogP contribution in [0.4, 0.5) is 30.6 Å². The lowest BCUT2D eigenvalue weighted by molar-refractivity contribution is -0.192. The van der Waals surface area contributed by atoms with E-state index in [-0.39, 0.29) is 0 Å². The first-order chi connectivity index (χ1) is 23.4. The normalized spacial score (nSPS) is 16.4. The second kappa shape index (κ2) is 15.5. The fourth-order valence-electron chi connectivity index (χ4n) is 5.61. The molecule has 1 aromatic heterocycles. The molecule has 4 N–H and O–H groups in total. The van der Waals surface area contributed by atoms with Gasteiger partial charge in [0.15, 0.2) is 0 Å². The Morgan fingerprint density at radius 2 is 1.51 bits per heavy atom. The first-order valence-electron chi connectivity index (χ1n) is 15.6. The molecule has 0 atom stereocenters. The van der Waals surface area contributed by atoms with Gasteiger partial charge < -0.3 is 20.5 Å². The largest absolute Gasteiger partial charge is 0.497 e. The zero-order valence-electron chi connectivity index (χ0n) is 26.6. The fraction of sp³-hybridized carbons (Fsp3) is 0.286. The molecule has 0 unspecified atom stereocenters. The van der Waals surface area contributed by atoms with Gasteiger partial charge in [-0.3, -0.25) is 0 Å². The minimum Gasteiger partial charge on any atom is -0.497 e. The molecule has 10 nitrogen and oxygen atoms in total. The number of aliphatic carboxylic acids is 1. The molecule has 1 saturated carbocycles. The number of nitrogens with one attached hydrogen (secondary N) is 3. The molecule has 0 saturated heterocycles. The van der Waals surface area contributed by atoms with Crippen LogP contribution in [0.2, 0.25) is 0 Å². The summed E-state index contributed by atoms with van der Waals surface area (Å²) in [5.41, 5.74) is 1.75. The van der Waals surface area contributed by atoms with Crippen molar-refractivity contribution >= 4 is 55.1 Å². The molecule has 0 aliphatic heterocycles. The Labute approximate surface area is 281 Å². The number of carbonyl (C=O) groups is 1. The van der Waals surface area contributed by atoms with Crippen LogP contribution in [0, 0.1) is 11.8 Å². The minimum atomic E-state index is -5.08. The van der Waals surface area contributed by atoms with Crippen LogP contribution in [0.15, 0.2) is 95.9 Å². The number of rotatable bonds is 10. The standard InChI is InChI=1S/C33H35N5O3S.C2HF3O2/c1-41-28-10-6-9-27(20-28)36-32-30-11-4-5-12-31(30)37-33(38-32)34-21-23-13-15-24(16-14-23)22-35-42(39,40)29-18-17-25-7-2-3-8-26(25)19-29;3-2(4,5)1(6)7/h2-12,17-20,23-24,35H,13-16,21-22H2,1H3,(H2,34,36,37,38);(H,6,7). The maximum Gasteiger partial charge on any atom is 0.490 e. The predicted molar refractivity (Wildman–Crippen MR) is 183 cm³/mol. The van der Waals surface area contributed by atoms with Crippen molar-refractivity contribution in [1.82, 2.24) is 14.7 Å². The number of hydrogen-bond acceptors (Lipinski definition) is 8. The fourth-order valence-corrected chi connectivity index (χ4v) is 6.76. The number of halogens is 3. The van der Waals surface area contributed by atoms with Gasteiger partial charge in [-0.05, 0) is 84.7 Å². The van der Waals surface area contributed by atoms with Gasteiger partial charge >= 0.3 is 12.1 Å². The van der Waals surface area contributed by atoms with E-state index in [4.69, 9.17) is 24.6 Å². The monoisotopic (exact) mass is 695 g/mol. The number of aromatic nitrogens is 2. The Morgan fingerprint density at radius 3 is 2.20 bits per heavy atom. The van der Waals surface area contributed by atoms with E-state index in [1.165, 1.54) is 0 Å². The average Bonchev–Trinajstić information content (AvgIpc) is 3.10. The molecular weight excluding hydrogens is 659 g/mol. The third-order valence-electron chi connectivity index (χ3n) is 8.29. The van der Waals surface area contributed by atoms with E-state index < -0.39 is 22.2 Å². The van der Waals surface area contributed by atoms with Gasteiger partial charge in [-0.2, -0.15) is 18.2 Å². The van der Waals surface area contributed by atoms with Crippen LogP contribution in [0.3, 0.4) is 0 Å². The summed E-state index contributed by atoms with van der Waals surface area (Å²) in [6.07, 6.45) is -1.07. The quantitative estimate of drug-likeness (QED) is 0.118. The molecule has 14 heteroatoms. The van der Waals surface area contributed by atoms with Crippen molar-refractivity contribution < 1.29 is 36.2 Å². The van der Waals surface area contributed by atoms with Gasteiger partial charge in [0, 0.05) is 30.2 Å². The zero-order valence-corrected chi connectivity index (χ0v) is 27.4. The molecule has 4 aromatic carbocycles. The number of sulfonamides is 1. The lowest BCUT2D eigenvalue weighted by atomic mass is 9.82. The maximum atomic E-state index is 13.0. The third-order valence-corrected chi connectivity index (χ3v) is 9.71. The summed E-state index contributed by atoms with van der Waals surface area (Å²) < 4.78 is 65.9. The Balaban J connectivity index is 0.000000606. The number of nitrogens with zero attached hydrogens (tertiary/aromatic N) is 2. The summed E-state index contributed by atoms with van der Waals surface area (Å²) in [4.78, 5) is 18.8. The lowest BCUT2D eigenvalue weighted by Gasteiger charge is -2.28. The van der Waals surface area contributed by atoms with Crippen molar-refractivity contribution in [3.63, 3.8) is 0 Å². The summed E-state index contributed by atoms with van der Waals surface area (Å²) >= 11 is 0. The highest BCUT2D eigenvalue weighted by Gasteiger charge is 2.38. The highest BCUT2D eigenvalue weighted by atomic mass is 32.2. The molecule has 5 aromatic rings. The van der Waals surface area contributed by atoms with E-state index in [2.05, 4.69) is 15.4 Å². The summed E-state index contributed by atoms with van der Waals surface area (Å²) in [6.45, 7) is 1.23. The maximum absolute atomic E-state index is 13.0. The van der Waals surface area contributed by atoms with Crippen LogP contribution < -0.4 is 20.1 Å². The molecule has 0 radical (unpaired) electrons. The summed E-state index contributed by atoms with van der Waals surface area (Å²) in [5.74, 6) is 0.139.